The average molecular weight is 294 g/mol. The first-order chi connectivity index (χ1) is 9.82. The number of hydrogen-bond acceptors (Lipinski definition) is 3. The fraction of sp³-hybridized carbons (Fsp3) is 0.588. The lowest BCUT2D eigenvalue weighted by Crippen LogP contribution is -2.56. The van der Waals surface area contributed by atoms with Crippen LogP contribution in [0.25, 0.3) is 0 Å². The molecule has 0 bridgehead atoms. The summed E-state index contributed by atoms with van der Waals surface area (Å²) in [7, 11) is 0. The van der Waals surface area contributed by atoms with Gasteiger partial charge in [-0.05, 0) is 18.1 Å². The zero-order valence-corrected chi connectivity index (χ0v) is 13.1. The largest absolute Gasteiger partial charge is 0.458 e. The van der Waals surface area contributed by atoms with E-state index in [2.05, 4.69) is 13.8 Å². The molecule has 1 aromatic rings. The van der Waals surface area contributed by atoms with Crippen LogP contribution < -0.4 is 0 Å². The quantitative estimate of drug-likeness (QED) is 0.774. The lowest BCUT2D eigenvalue weighted by molar-refractivity contribution is -0.180. The number of hydrogen-bond donors (Lipinski definition) is 0. The Kier molecular flexibility index (Phi) is 4.67. The summed E-state index contributed by atoms with van der Waals surface area (Å²) in [5, 5.41) is 0. The Morgan fingerprint density at radius 2 is 2.00 bits per heavy atom. The molecule has 0 saturated heterocycles. The molecule has 2 atom stereocenters. The predicted molar refractivity (Wildman–Crippen MR) is 78.6 cm³/mol. The van der Waals surface area contributed by atoms with Gasteiger partial charge >= 0.3 is 5.97 Å². The molecular weight excluding hydrogens is 271 g/mol. The van der Waals surface area contributed by atoms with E-state index in [1.807, 2.05) is 13.8 Å². The van der Waals surface area contributed by atoms with Crippen molar-refractivity contribution in [1.82, 2.24) is 0 Å². The highest BCUT2D eigenvalue weighted by molar-refractivity contribution is 5.89. The normalized spacial score (nSPS) is 23.7. The first kappa shape index (κ1) is 16.0. The minimum Gasteiger partial charge on any atom is -0.458 e. The van der Waals surface area contributed by atoms with E-state index in [1.54, 1.807) is 12.1 Å². The van der Waals surface area contributed by atoms with Crippen molar-refractivity contribution in [3.05, 3.63) is 35.6 Å². The zero-order valence-electron chi connectivity index (χ0n) is 13.1. The summed E-state index contributed by atoms with van der Waals surface area (Å²) in [5.41, 5.74) is -0.254. The molecule has 3 nitrogen and oxygen atoms in total. The maximum Gasteiger partial charge on any atom is 0.341 e. The molecule has 1 aliphatic rings. The molecule has 0 aromatic heterocycles. The molecule has 0 radical (unpaired) electrons. The molecule has 116 valence electrons. The van der Waals surface area contributed by atoms with Crippen molar-refractivity contribution < 1.29 is 18.7 Å². The molecule has 1 aliphatic carbocycles. The average Bonchev–Trinajstić information content (AvgIpc) is 2.41. The summed E-state index contributed by atoms with van der Waals surface area (Å²) in [6, 6.07) is 5.88. The Labute approximate surface area is 125 Å². The molecule has 0 aliphatic heterocycles. The number of ether oxygens (including phenoxy) is 2. The van der Waals surface area contributed by atoms with Crippen molar-refractivity contribution >= 4 is 5.97 Å². The number of esters is 1. The molecular formula is C17H23FO3. The van der Waals surface area contributed by atoms with E-state index < -0.39 is 11.8 Å². The molecule has 1 fully saturated rings. The van der Waals surface area contributed by atoms with E-state index in [9.17, 15) is 9.18 Å². The molecule has 2 rings (SSSR count). The van der Waals surface area contributed by atoms with Crippen LogP contribution in [0.5, 0.6) is 0 Å². The molecule has 21 heavy (non-hydrogen) atoms. The third kappa shape index (κ3) is 3.43. The minimum absolute atomic E-state index is 0.0140. The van der Waals surface area contributed by atoms with Crippen molar-refractivity contribution in [3.8, 4) is 0 Å². The van der Waals surface area contributed by atoms with Crippen LogP contribution in [0.1, 0.15) is 44.5 Å². The van der Waals surface area contributed by atoms with Gasteiger partial charge in [0.2, 0.25) is 0 Å². The molecule has 4 heteroatoms. The van der Waals surface area contributed by atoms with Gasteiger partial charge in [-0.2, -0.15) is 0 Å². The van der Waals surface area contributed by atoms with Gasteiger partial charge in [-0.1, -0.05) is 39.8 Å². The Bertz CT molecular complexity index is 511. The standard InChI is InChI=1S/C17H23FO3/c1-11(2)10-20-14-9-15(17(14,3)4)21-16(19)12-7-5-6-8-13(12)18/h5-8,11,14-15H,9-10H2,1-4H3/t14-,15+/m0/s1. The van der Waals surface area contributed by atoms with Crippen molar-refractivity contribution in [2.24, 2.45) is 11.3 Å². The molecule has 0 amide bonds. The van der Waals surface area contributed by atoms with E-state index in [0.717, 1.165) is 0 Å². The van der Waals surface area contributed by atoms with Gasteiger partial charge in [-0.15, -0.1) is 0 Å². The molecule has 0 unspecified atom stereocenters. The van der Waals surface area contributed by atoms with Crippen LogP contribution in [0.3, 0.4) is 0 Å². The van der Waals surface area contributed by atoms with Crippen molar-refractivity contribution in [2.45, 2.75) is 46.3 Å². The zero-order chi connectivity index (χ0) is 15.6. The first-order valence-electron chi connectivity index (χ1n) is 7.39. The second kappa shape index (κ2) is 6.14. The highest BCUT2D eigenvalue weighted by atomic mass is 19.1. The van der Waals surface area contributed by atoms with Gasteiger partial charge in [0.05, 0.1) is 11.7 Å². The number of carbonyl (C=O) groups excluding carboxylic acids is 1. The monoisotopic (exact) mass is 294 g/mol. The fourth-order valence-electron chi connectivity index (χ4n) is 2.46. The van der Waals surface area contributed by atoms with Crippen LogP contribution in [0, 0.1) is 17.2 Å². The van der Waals surface area contributed by atoms with Gasteiger partial charge in [0.15, 0.2) is 0 Å². The lowest BCUT2D eigenvalue weighted by atomic mass is 9.66. The maximum atomic E-state index is 13.6. The fourth-order valence-corrected chi connectivity index (χ4v) is 2.46. The summed E-state index contributed by atoms with van der Waals surface area (Å²) in [6.07, 6.45) is 0.514. The van der Waals surface area contributed by atoms with Crippen LogP contribution >= 0.6 is 0 Å². The Morgan fingerprint density at radius 3 is 2.57 bits per heavy atom. The molecule has 0 heterocycles. The summed E-state index contributed by atoms with van der Waals surface area (Å²) >= 11 is 0. The van der Waals surface area contributed by atoms with Crippen LogP contribution in [-0.2, 0) is 9.47 Å². The van der Waals surface area contributed by atoms with Gasteiger partial charge in [0, 0.05) is 18.4 Å². The minimum atomic E-state index is -0.603. The summed E-state index contributed by atoms with van der Waals surface area (Å²) < 4.78 is 24.8. The van der Waals surface area contributed by atoms with Crippen LogP contribution in [0.2, 0.25) is 0 Å². The topological polar surface area (TPSA) is 35.5 Å². The highest BCUT2D eigenvalue weighted by Gasteiger charge is 2.51. The Hall–Kier alpha value is -1.42. The predicted octanol–water partition coefficient (Wildman–Crippen LogP) is 3.82. The van der Waals surface area contributed by atoms with Gasteiger partial charge in [-0.25, -0.2) is 9.18 Å². The smallest absolute Gasteiger partial charge is 0.341 e. The van der Waals surface area contributed by atoms with Crippen molar-refractivity contribution in [3.63, 3.8) is 0 Å². The summed E-state index contributed by atoms with van der Waals surface area (Å²) in [6.45, 7) is 8.92. The van der Waals surface area contributed by atoms with Gasteiger partial charge in [-0.3, -0.25) is 0 Å². The third-order valence-electron chi connectivity index (χ3n) is 4.06. The summed E-state index contributed by atoms with van der Waals surface area (Å²) in [4.78, 5) is 12.0. The van der Waals surface area contributed by atoms with Gasteiger partial charge in [0.1, 0.15) is 11.9 Å². The van der Waals surface area contributed by atoms with E-state index >= 15 is 0 Å². The summed E-state index contributed by atoms with van der Waals surface area (Å²) in [5.74, 6) is -0.679. The number of halogens is 1. The van der Waals surface area contributed by atoms with E-state index in [1.165, 1.54) is 12.1 Å². The second-order valence-electron chi connectivity index (χ2n) is 6.65. The molecule has 1 saturated carbocycles. The second-order valence-corrected chi connectivity index (χ2v) is 6.65. The van der Waals surface area contributed by atoms with Gasteiger partial charge < -0.3 is 9.47 Å². The lowest BCUT2D eigenvalue weighted by Gasteiger charge is -2.50. The molecule has 0 N–H and O–H groups in total. The van der Waals surface area contributed by atoms with E-state index in [0.29, 0.717) is 18.9 Å². The van der Waals surface area contributed by atoms with E-state index in [4.69, 9.17) is 9.47 Å². The van der Waals surface area contributed by atoms with Crippen LogP contribution in [-0.4, -0.2) is 24.8 Å². The molecule has 0 spiro atoms. The van der Waals surface area contributed by atoms with Crippen LogP contribution in [0.15, 0.2) is 24.3 Å². The number of rotatable bonds is 5. The van der Waals surface area contributed by atoms with Crippen LogP contribution in [0.4, 0.5) is 4.39 Å². The Balaban J connectivity index is 1.93. The highest BCUT2D eigenvalue weighted by Crippen LogP contribution is 2.45. The SMILES string of the molecule is CC(C)CO[C@H]1C[C@@H](OC(=O)c2ccccc2F)C1(C)C. The van der Waals surface area contributed by atoms with E-state index in [-0.39, 0.29) is 23.2 Å². The van der Waals surface area contributed by atoms with Crippen molar-refractivity contribution in [1.29, 1.82) is 0 Å². The maximum absolute atomic E-state index is 13.6. The molecule has 1 aromatic carbocycles. The number of carbonyl (C=O) groups is 1. The number of benzene rings is 1. The van der Waals surface area contributed by atoms with Crippen molar-refractivity contribution in [2.75, 3.05) is 6.61 Å². The Morgan fingerprint density at radius 1 is 1.33 bits per heavy atom. The third-order valence-corrected chi connectivity index (χ3v) is 4.06. The van der Waals surface area contributed by atoms with Gasteiger partial charge in [0.25, 0.3) is 0 Å². The first-order valence-corrected chi connectivity index (χ1v) is 7.39.